The third-order valence-electron chi connectivity index (χ3n) is 2.14. The predicted octanol–water partition coefficient (Wildman–Crippen LogP) is 0.875. The van der Waals surface area contributed by atoms with Crippen molar-refractivity contribution in [2.45, 2.75) is 6.92 Å². The highest BCUT2D eigenvalue weighted by atomic mass is 16.5. The van der Waals surface area contributed by atoms with E-state index < -0.39 is 5.97 Å². The monoisotopic (exact) mass is 204 g/mol. The quantitative estimate of drug-likeness (QED) is 0.552. The van der Waals surface area contributed by atoms with Crippen LogP contribution < -0.4 is 4.73 Å². The van der Waals surface area contributed by atoms with Gasteiger partial charge in [-0.3, -0.25) is 0 Å². The molecule has 0 saturated carbocycles. The van der Waals surface area contributed by atoms with Gasteiger partial charge in [0.15, 0.2) is 5.52 Å². The highest BCUT2D eigenvalue weighted by Crippen LogP contribution is 2.13. The molecule has 0 saturated heterocycles. The van der Waals surface area contributed by atoms with Crippen LogP contribution in [-0.2, 0) is 0 Å². The van der Waals surface area contributed by atoms with Gasteiger partial charge < -0.3 is 10.3 Å². The fourth-order valence-corrected chi connectivity index (χ4v) is 1.46. The van der Waals surface area contributed by atoms with Gasteiger partial charge in [-0.15, -0.1) is 0 Å². The summed E-state index contributed by atoms with van der Waals surface area (Å²) >= 11 is 0. The highest BCUT2D eigenvalue weighted by molar-refractivity contribution is 5.98. The number of fused-ring (bicyclic) bond motifs is 1. The van der Waals surface area contributed by atoms with Crippen LogP contribution in [0.4, 0.5) is 0 Å². The van der Waals surface area contributed by atoms with Crippen molar-refractivity contribution in [3.05, 3.63) is 41.0 Å². The van der Waals surface area contributed by atoms with Gasteiger partial charge >= 0.3 is 5.97 Å². The zero-order chi connectivity index (χ0) is 11.0. The number of carboxylic acid groups (broad SMARTS) is 1. The average molecular weight is 204 g/mol. The van der Waals surface area contributed by atoms with Gasteiger partial charge in [0, 0.05) is 6.92 Å². The number of aryl methyl sites for hydroxylation is 1. The normalized spacial score (nSPS) is 10.5. The number of para-hydroxylation sites is 1. The van der Waals surface area contributed by atoms with E-state index >= 15 is 0 Å². The topological polar surface area (TPSA) is 77.1 Å². The lowest BCUT2D eigenvalue weighted by molar-refractivity contribution is -0.617. The summed E-state index contributed by atoms with van der Waals surface area (Å²) in [5, 5.41) is 20.8. The van der Waals surface area contributed by atoms with Crippen LogP contribution in [0, 0.1) is 12.1 Å². The smallest absolute Gasteiger partial charge is 0.377 e. The molecule has 1 aromatic carbocycles. The van der Waals surface area contributed by atoms with Gasteiger partial charge in [0.2, 0.25) is 5.69 Å². The molecule has 1 heterocycles. The first-order chi connectivity index (χ1) is 7.11. The molecule has 5 heteroatoms. The van der Waals surface area contributed by atoms with Crippen molar-refractivity contribution in [3.8, 4) is 0 Å². The average Bonchev–Trinajstić information content (AvgIpc) is 2.19. The Labute approximate surface area is 85.2 Å². The summed E-state index contributed by atoms with van der Waals surface area (Å²) in [6.45, 7) is 1.48. The molecule has 0 unspecified atom stereocenters. The molecular weight excluding hydrogens is 196 g/mol. The second-order valence-electron chi connectivity index (χ2n) is 3.12. The molecule has 0 fully saturated rings. The van der Waals surface area contributed by atoms with Crippen molar-refractivity contribution in [2.75, 3.05) is 0 Å². The van der Waals surface area contributed by atoms with E-state index in [4.69, 9.17) is 5.11 Å². The third kappa shape index (κ3) is 1.38. The van der Waals surface area contributed by atoms with Crippen LogP contribution in [0.2, 0.25) is 0 Å². The van der Waals surface area contributed by atoms with Crippen LogP contribution in [0.5, 0.6) is 0 Å². The van der Waals surface area contributed by atoms with Crippen molar-refractivity contribution in [1.82, 2.24) is 4.98 Å². The van der Waals surface area contributed by atoms with Crippen molar-refractivity contribution >= 4 is 16.9 Å². The summed E-state index contributed by atoms with van der Waals surface area (Å²) in [4.78, 5) is 14.9. The third-order valence-corrected chi connectivity index (χ3v) is 2.14. The number of aromatic carboxylic acids is 1. The lowest BCUT2D eigenvalue weighted by Crippen LogP contribution is -2.39. The second kappa shape index (κ2) is 3.20. The van der Waals surface area contributed by atoms with Gasteiger partial charge in [0.1, 0.15) is 0 Å². The first kappa shape index (κ1) is 9.39. The number of carboxylic acids is 1. The number of benzene rings is 1. The number of nitrogens with zero attached hydrogens (tertiary/aromatic N) is 2. The van der Waals surface area contributed by atoms with Gasteiger partial charge in [0.25, 0.3) is 5.82 Å². The number of hydrogen-bond acceptors (Lipinski definition) is 3. The van der Waals surface area contributed by atoms with Crippen LogP contribution in [-0.4, -0.2) is 16.1 Å². The fraction of sp³-hybridized carbons (Fsp3) is 0.100. The zero-order valence-corrected chi connectivity index (χ0v) is 7.97. The minimum absolute atomic E-state index is 0.131. The molecule has 0 bridgehead atoms. The fourth-order valence-electron chi connectivity index (χ4n) is 1.46. The molecule has 1 N–H and O–H groups in total. The Morgan fingerprint density at radius 3 is 2.80 bits per heavy atom. The maximum atomic E-state index is 11.5. The van der Waals surface area contributed by atoms with Gasteiger partial charge in [-0.25, -0.2) is 9.52 Å². The van der Waals surface area contributed by atoms with Crippen LogP contribution >= 0.6 is 0 Å². The molecular formula is C10H8N2O3. The molecule has 0 spiro atoms. The van der Waals surface area contributed by atoms with Crippen molar-refractivity contribution in [3.63, 3.8) is 0 Å². The molecule has 2 aromatic rings. The van der Waals surface area contributed by atoms with Crippen molar-refractivity contribution < 1.29 is 14.6 Å². The summed E-state index contributed by atoms with van der Waals surface area (Å²) in [7, 11) is 0. The Morgan fingerprint density at radius 1 is 1.47 bits per heavy atom. The first-order valence-corrected chi connectivity index (χ1v) is 4.33. The first-order valence-electron chi connectivity index (χ1n) is 4.33. The molecule has 76 valence electrons. The van der Waals surface area contributed by atoms with E-state index in [1.807, 2.05) is 0 Å². The molecule has 0 aliphatic carbocycles. The van der Waals surface area contributed by atoms with Crippen LogP contribution in [0.25, 0.3) is 10.9 Å². The Morgan fingerprint density at radius 2 is 2.13 bits per heavy atom. The molecule has 0 aliphatic rings. The van der Waals surface area contributed by atoms with Gasteiger partial charge in [-0.1, -0.05) is 12.1 Å². The lowest BCUT2D eigenvalue weighted by atomic mass is 10.2. The molecule has 0 amide bonds. The van der Waals surface area contributed by atoms with E-state index in [2.05, 4.69) is 4.98 Å². The number of rotatable bonds is 1. The lowest BCUT2D eigenvalue weighted by Gasteiger charge is -2.08. The van der Waals surface area contributed by atoms with E-state index in [0.717, 1.165) is 0 Å². The number of carbonyl (C=O) groups is 1. The maximum Gasteiger partial charge on any atom is 0.377 e. The van der Waals surface area contributed by atoms with E-state index in [-0.39, 0.29) is 11.5 Å². The Bertz CT molecular complexity index is 552. The van der Waals surface area contributed by atoms with Crippen LogP contribution in [0.15, 0.2) is 24.3 Å². The zero-order valence-electron chi connectivity index (χ0n) is 7.97. The van der Waals surface area contributed by atoms with Gasteiger partial charge in [-0.2, -0.15) is 0 Å². The van der Waals surface area contributed by atoms with E-state index in [1.54, 1.807) is 24.3 Å². The summed E-state index contributed by atoms with van der Waals surface area (Å²) in [6.07, 6.45) is 0. The van der Waals surface area contributed by atoms with Crippen molar-refractivity contribution in [2.24, 2.45) is 0 Å². The van der Waals surface area contributed by atoms with Gasteiger partial charge in [0.05, 0.1) is 5.39 Å². The highest BCUT2D eigenvalue weighted by Gasteiger charge is 2.20. The number of aromatic nitrogens is 2. The molecule has 15 heavy (non-hydrogen) atoms. The van der Waals surface area contributed by atoms with Crippen molar-refractivity contribution in [1.29, 1.82) is 0 Å². The Kier molecular flexibility index (Phi) is 2.00. The largest absolute Gasteiger partial charge is 0.710 e. The van der Waals surface area contributed by atoms with Crippen LogP contribution in [0.1, 0.15) is 16.3 Å². The molecule has 0 radical (unpaired) electrons. The summed E-state index contributed by atoms with van der Waals surface area (Å²) < 4.78 is 0.338. The molecule has 1 aromatic heterocycles. The SMILES string of the molecule is Cc1nc2ccccc2c(C(=O)O)[n+]1[O-]. The van der Waals surface area contributed by atoms with Crippen LogP contribution in [0.3, 0.4) is 0 Å². The predicted molar refractivity (Wildman–Crippen MR) is 52.4 cm³/mol. The van der Waals surface area contributed by atoms with E-state index in [0.29, 0.717) is 15.6 Å². The summed E-state index contributed by atoms with van der Waals surface area (Å²) in [5.74, 6) is -1.11. The number of hydrogen-bond donors (Lipinski definition) is 1. The maximum absolute atomic E-state index is 11.5. The molecule has 5 nitrogen and oxygen atoms in total. The summed E-state index contributed by atoms with van der Waals surface area (Å²) in [6, 6.07) is 6.66. The molecule has 0 aliphatic heterocycles. The Balaban J connectivity index is 2.95. The van der Waals surface area contributed by atoms with E-state index in [9.17, 15) is 10.0 Å². The summed E-state index contributed by atoms with van der Waals surface area (Å²) in [5.41, 5.74) is 0.234. The standard InChI is InChI=1S/C10H8N2O3/c1-6-11-8-5-3-2-4-7(8)9(10(13)14)12(6)15/h2-5H,1H3,(H,13,14). The minimum Gasteiger partial charge on any atom is -0.710 e. The second-order valence-corrected chi connectivity index (χ2v) is 3.12. The minimum atomic E-state index is -1.24. The molecule has 0 atom stereocenters. The Hall–Kier alpha value is -2.17. The molecule has 2 rings (SSSR count). The van der Waals surface area contributed by atoms with E-state index in [1.165, 1.54) is 6.92 Å². The van der Waals surface area contributed by atoms with Gasteiger partial charge in [-0.05, 0) is 17.1 Å².